The van der Waals surface area contributed by atoms with Crippen molar-refractivity contribution >= 4 is 23.8 Å². The second-order valence-electron chi connectivity index (χ2n) is 14.2. The van der Waals surface area contributed by atoms with Crippen molar-refractivity contribution in [2.45, 2.75) is 98.2 Å². The monoisotopic (exact) mass is 611 g/mol. The summed E-state index contributed by atoms with van der Waals surface area (Å²) in [6.07, 6.45) is 2.36. The number of rotatable bonds is 6. The first-order valence-electron chi connectivity index (χ1n) is 15.8. The van der Waals surface area contributed by atoms with E-state index < -0.39 is 52.6 Å². The van der Waals surface area contributed by atoms with Crippen molar-refractivity contribution in [2.75, 3.05) is 20.3 Å². The first-order valence-corrected chi connectivity index (χ1v) is 15.8. The molecule has 0 bridgehead atoms. The fourth-order valence-corrected chi connectivity index (χ4v) is 10.3. The van der Waals surface area contributed by atoms with Crippen LogP contribution in [0, 0.1) is 34.0 Å². The van der Waals surface area contributed by atoms with Gasteiger partial charge < -0.3 is 29.0 Å². The Hall–Kier alpha value is -2.98. The van der Waals surface area contributed by atoms with Crippen LogP contribution in [-0.2, 0) is 42.9 Å². The molecule has 6 aliphatic rings. The first-order chi connectivity index (χ1) is 20.7. The van der Waals surface area contributed by atoms with E-state index in [-0.39, 0.29) is 48.6 Å². The van der Waals surface area contributed by atoms with Crippen LogP contribution in [0.25, 0.3) is 0 Å². The normalized spacial score (nSPS) is 44.0. The Morgan fingerprint density at radius 1 is 1.11 bits per heavy atom. The van der Waals surface area contributed by atoms with Gasteiger partial charge in [-0.15, -0.1) is 0 Å². The SMILES string of the molecule is C/C=C(\C)C(=O)O[C@H]1C[C@@H](OC(C)=O)[C@@]2(C)CO[C@H]3[C@H]4O[C@@H]5C[C@@H](C6=CCNC6=O)C(C)=C5[C@@]4(C)[C@H](CC(=O)OC)[C@]1(C)[C@@H]32. The van der Waals surface area contributed by atoms with Crippen LogP contribution >= 0.6 is 0 Å². The van der Waals surface area contributed by atoms with Crippen molar-refractivity contribution in [3.05, 3.63) is 34.4 Å². The highest BCUT2D eigenvalue weighted by Crippen LogP contribution is 2.73. The van der Waals surface area contributed by atoms with E-state index in [1.165, 1.54) is 14.0 Å². The van der Waals surface area contributed by atoms with E-state index in [1.807, 2.05) is 6.08 Å². The molecule has 1 amide bonds. The summed E-state index contributed by atoms with van der Waals surface area (Å²) in [5, 5.41) is 2.90. The van der Waals surface area contributed by atoms with Gasteiger partial charge in [0, 0.05) is 65.5 Å². The Balaban J connectivity index is 1.54. The van der Waals surface area contributed by atoms with E-state index >= 15 is 0 Å². The molecule has 3 aliphatic carbocycles. The Labute approximate surface area is 258 Å². The number of carbonyl (C=O) groups is 4. The molecule has 0 aromatic carbocycles. The number of ether oxygens (including phenoxy) is 5. The van der Waals surface area contributed by atoms with Crippen LogP contribution in [0.2, 0.25) is 0 Å². The fourth-order valence-electron chi connectivity index (χ4n) is 10.3. The van der Waals surface area contributed by atoms with Crippen molar-refractivity contribution in [3.63, 3.8) is 0 Å². The average Bonchev–Trinajstić information content (AvgIpc) is 3.71. The van der Waals surface area contributed by atoms with E-state index in [0.717, 1.165) is 16.7 Å². The number of fused-ring (bicyclic) bond motifs is 4. The molecular weight excluding hydrogens is 566 g/mol. The minimum absolute atomic E-state index is 0.0524. The number of nitrogens with one attached hydrogen (secondary N) is 1. The van der Waals surface area contributed by atoms with Gasteiger partial charge in [0.2, 0.25) is 5.91 Å². The van der Waals surface area contributed by atoms with Crippen molar-refractivity contribution < 1.29 is 42.9 Å². The van der Waals surface area contributed by atoms with E-state index in [0.29, 0.717) is 25.1 Å². The molecule has 0 unspecified atom stereocenters. The predicted molar refractivity (Wildman–Crippen MR) is 158 cm³/mol. The van der Waals surface area contributed by atoms with Gasteiger partial charge in [0.25, 0.3) is 0 Å². The molecule has 44 heavy (non-hydrogen) atoms. The molecule has 240 valence electrons. The number of allylic oxidation sites excluding steroid dienone is 2. The minimum atomic E-state index is -0.788. The molecule has 4 fully saturated rings. The molecule has 0 radical (unpaired) electrons. The summed E-state index contributed by atoms with van der Waals surface area (Å²) < 4.78 is 31.3. The van der Waals surface area contributed by atoms with Gasteiger partial charge in [0.05, 0.1) is 32.0 Å². The molecule has 11 atom stereocenters. The lowest BCUT2D eigenvalue weighted by Crippen LogP contribution is -2.71. The predicted octanol–water partition coefficient (Wildman–Crippen LogP) is 3.59. The molecule has 0 aromatic heterocycles. The van der Waals surface area contributed by atoms with E-state index in [1.54, 1.807) is 19.9 Å². The highest BCUT2D eigenvalue weighted by molar-refractivity contribution is 5.97. The van der Waals surface area contributed by atoms with Crippen LogP contribution in [0.15, 0.2) is 34.4 Å². The van der Waals surface area contributed by atoms with Crippen LogP contribution in [0.1, 0.15) is 67.7 Å². The summed E-state index contributed by atoms with van der Waals surface area (Å²) in [5.74, 6) is -1.99. The Morgan fingerprint density at radius 3 is 2.45 bits per heavy atom. The lowest BCUT2D eigenvalue weighted by atomic mass is 9.40. The Kier molecular flexibility index (Phi) is 7.43. The number of amides is 1. The highest BCUT2D eigenvalue weighted by Gasteiger charge is 2.78. The maximum Gasteiger partial charge on any atom is 0.333 e. The number of methoxy groups -OCH3 is 1. The molecule has 2 saturated carbocycles. The molecule has 6 rings (SSSR count). The van der Waals surface area contributed by atoms with Gasteiger partial charge in [-0.1, -0.05) is 38.5 Å². The van der Waals surface area contributed by atoms with E-state index in [9.17, 15) is 19.2 Å². The molecule has 3 aliphatic heterocycles. The number of hydrogen-bond donors (Lipinski definition) is 1. The van der Waals surface area contributed by atoms with Crippen molar-refractivity contribution in [1.82, 2.24) is 5.32 Å². The van der Waals surface area contributed by atoms with Gasteiger partial charge in [-0.25, -0.2) is 4.79 Å². The average molecular weight is 612 g/mol. The first kappa shape index (κ1) is 31.0. The third-order valence-corrected chi connectivity index (χ3v) is 12.3. The molecule has 0 spiro atoms. The second-order valence-corrected chi connectivity index (χ2v) is 14.2. The van der Waals surface area contributed by atoms with Crippen molar-refractivity contribution in [1.29, 1.82) is 0 Å². The summed E-state index contributed by atoms with van der Waals surface area (Å²) in [4.78, 5) is 51.8. The number of hydrogen-bond acceptors (Lipinski definition) is 9. The summed E-state index contributed by atoms with van der Waals surface area (Å²) in [7, 11) is 1.39. The highest BCUT2D eigenvalue weighted by atomic mass is 16.6. The number of carbonyl (C=O) groups excluding carboxylic acids is 4. The number of esters is 3. The quantitative estimate of drug-likeness (QED) is 0.208. The minimum Gasteiger partial charge on any atom is -0.469 e. The van der Waals surface area contributed by atoms with Crippen molar-refractivity contribution in [2.24, 2.45) is 34.0 Å². The van der Waals surface area contributed by atoms with Crippen LogP contribution in [0.5, 0.6) is 0 Å². The lowest BCUT2D eigenvalue weighted by molar-refractivity contribution is -0.251. The lowest BCUT2D eigenvalue weighted by Gasteiger charge is -2.65. The molecule has 0 aromatic rings. The molecule has 10 nitrogen and oxygen atoms in total. The standard InChI is InChI=1S/C34H45NO9/c1-9-16(2)31(39)44-24-14-23(42-18(4)36)32(5)15-41-27-28(32)33(24,6)22(13-25(37)40-8)34(7)26-17(3)20(12-21(26)43-29(27)34)19-10-11-35-30(19)38/h9-10,20-24,27-29H,11-15H2,1-8H3,(H,35,38)/b16-9+/t20-,21-,22-,23-,24+,27-,28+,29-,32-,33+,34-/m1/s1. The Bertz CT molecular complexity index is 1400. The maximum absolute atomic E-state index is 13.4. The molecular formula is C34H45NO9. The third-order valence-electron chi connectivity index (χ3n) is 12.3. The van der Waals surface area contributed by atoms with Crippen LogP contribution in [0.3, 0.4) is 0 Å². The van der Waals surface area contributed by atoms with Gasteiger partial charge in [0.15, 0.2) is 0 Å². The van der Waals surface area contributed by atoms with Gasteiger partial charge in [0.1, 0.15) is 12.2 Å². The van der Waals surface area contributed by atoms with E-state index in [2.05, 4.69) is 33.0 Å². The van der Waals surface area contributed by atoms with Gasteiger partial charge in [-0.2, -0.15) is 0 Å². The zero-order valence-electron chi connectivity index (χ0n) is 27.0. The van der Waals surface area contributed by atoms with Gasteiger partial charge >= 0.3 is 17.9 Å². The molecule has 3 heterocycles. The zero-order valence-corrected chi connectivity index (χ0v) is 27.0. The summed E-state index contributed by atoms with van der Waals surface area (Å²) in [5.41, 5.74) is 1.34. The molecule has 1 N–H and O–H groups in total. The largest absolute Gasteiger partial charge is 0.469 e. The fraction of sp³-hybridized carbons (Fsp3) is 0.706. The zero-order chi connectivity index (χ0) is 31.9. The topological polar surface area (TPSA) is 126 Å². The van der Waals surface area contributed by atoms with Crippen LogP contribution in [0.4, 0.5) is 0 Å². The molecule has 10 heteroatoms. The third kappa shape index (κ3) is 4.12. The smallest absolute Gasteiger partial charge is 0.333 e. The van der Waals surface area contributed by atoms with Gasteiger partial charge in [-0.05, 0) is 38.7 Å². The Morgan fingerprint density at radius 2 is 1.84 bits per heavy atom. The molecule has 2 saturated heterocycles. The van der Waals surface area contributed by atoms with Crippen molar-refractivity contribution in [3.8, 4) is 0 Å². The summed E-state index contributed by atoms with van der Waals surface area (Å²) >= 11 is 0. The van der Waals surface area contributed by atoms with Crippen LogP contribution < -0.4 is 5.32 Å². The maximum atomic E-state index is 13.4. The summed E-state index contributed by atoms with van der Waals surface area (Å²) in [6.45, 7) is 14.2. The second kappa shape index (κ2) is 10.5. The summed E-state index contributed by atoms with van der Waals surface area (Å²) in [6, 6.07) is 0. The van der Waals surface area contributed by atoms with Gasteiger partial charge in [-0.3, -0.25) is 14.4 Å². The van der Waals surface area contributed by atoms with E-state index in [4.69, 9.17) is 23.7 Å². The van der Waals surface area contributed by atoms with Crippen LogP contribution in [-0.4, -0.2) is 74.6 Å².